The van der Waals surface area contributed by atoms with Crippen LogP contribution in [0, 0.1) is 10.1 Å². The van der Waals surface area contributed by atoms with Gasteiger partial charge < -0.3 is 10.6 Å². The third-order valence-corrected chi connectivity index (χ3v) is 3.17. The third-order valence-electron chi connectivity index (χ3n) is 2.71. The van der Waals surface area contributed by atoms with Crippen LogP contribution in [0.1, 0.15) is 18.4 Å². The number of nitrogens with zero attached hydrogens (tertiary/aromatic N) is 1. The minimum Gasteiger partial charge on any atom is -0.352 e. The second kappa shape index (κ2) is 6.12. The normalized spacial score (nSPS) is 14.2. The van der Waals surface area contributed by atoms with Crippen LogP contribution in [-0.4, -0.2) is 23.4 Å². The van der Waals surface area contributed by atoms with E-state index >= 15 is 0 Å². The Morgan fingerprint density at radius 3 is 2.79 bits per heavy atom. The zero-order valence-electron chi connectivity index (χ0n) is 10.2. The van der Waals surface area contributed by atoms with E-state index in [1.54, 1.807) is 6.07 Å². The summed E-state index contributed by atoms with van der Waals surface area (Å²) in [6, 6.07) is 5.08. The van der Waals surface area contributed by atoms with E-state index < -0.39 is 4.92 Å². The van der Waals surface area contributed by atoms with Crippen molar-refractivity contribution in [2.24, 2.45) is 0 Å². The minimum absolute atomic E-state index is 0.0352. The number of nitro groups is 1. The second-order valence-electron chi connectivity index (χ2n) is 4.52. The summed E-state index contributed by atoms with van der Waals surface area (Å²) in [5, 5.41) is 16.6. The molecular formula is C12H14BrN3O3. The fraction of sp³-hybridized carbons (Fsp3) is 0.417. The van der Waals surface area contributed by atoms with Gasteiger partial charge in [-0.3, -0.25) is 14.9 Å². The van der Waals surface area contributed by atoms with E-state index in [0.717, 1.165) is 18.4 Å². The molecule has 1 saturated carbocycles. The van der Waals surface area contributed by atoms with E-state index in [1.807, 2.05) is 0 Å². The molecule has 6 nitrogen and oxygen atoms in total. The van der Waals surface area contributed by atoms with Crippen LogP contribution in [0.3, 0.4) is 0 Å². The molecule has 0 spiro atoms. The quantitative estimate of drug-likeness (QED) is 0.615. The topological polar surface area (TPSA) is 84.3 Å². The summed E-state index contributed by atoms with van der Waals surface area (Å²) >= 11 is 3.23. The first-order valence-corrected chi connectivity index (χ1v) is 6.78. The molecule has 0 heterocycles. The summed E-state index contributed by atoms with van der Waals surface area (Å²) in [6.45, 7) is 0.634. The molecule has 2 N–H and O–H groups in total. The highest BCUT2D eigenvalue weighted by Gasteiger charge is 2.22. The lowest BCUT2D eigenvalue weighted by atomic mass is 10.2. The van der Waals surface area contributed by atoms with Crippen molar-refractivity contribution in [1.29, 1.82) is 0 Å². The summed E-state index contributed by atoms with van der Waals surface area (Å²) in [5.41, 5.74) is 0.800. The first kappa shape index (κ1) is 14.0. The molecule has 7 heteroatoms. The van der Waals surface area contributed by atoms with Gasteiger partial charge in [-0.25, -0.2) is 0 Å². The molecule has 1 amide bonds. The van der Waals surface area contributed by atoms with Crippen molar-refractivity contribution in [3.8, 4) is 0 Å². The first-order valence-electron chi connectivity index (χ1n) is 5.98. The minimum atomic E-state index is -0.436. The fourth-order valence-electron chi connectivity index (χ4n) is 1.67. The number of nitrogens with one attached hydrogen (secondary N) is 2. The van der Waals surface area contributed by atoms with Crippen LogP contribution in [0.25, 0.3) is 0 Å². The first-order chi connectivity index (χ1) is 9.04. The van der Waals surface area contributed by atoms with Crippen LogP contribution < -0.4 is 10.6 Å². The molecule has 0 atom stereocenters. The van der Waals surface area contributed by atoms with Gasteiger partial charge in [-0.05, 0) is 24.5 Å². The predicted octanol–water partition coefficient (Wildman–Crippen LogP) is 1.73. The van der Waals surface area contributed by atoms with Crippen LogP contribution in [-0.2, 0) is 11.3 Å². The van der Waals surface area contributed by atoms with E-state index in [4.69, 9.17) is 0 Å². The van der Waals surface area contributed by atoms with Gasteiger partial charge in [0.05, 0.1) is 11.5 Å². The Hall–Kier alpha value is -1.47. The number of amides is 1. The van der Waals surface area contributed by atoms with Gasteiger partial charge in [0.2, 0.25) is 5.91 Å². The molecule has 0 aromatic heterocycles. The average molecular weight is 328 g/mol. The van der Waals surface area contributed by atoms with Crippen molar-refractivity contribution in [3.63, 3.8) is 0 Å². The SMILES string of the molecule is O=C(CNCc1cc(Br)cc([N+](=O)[O-])c1)NC1CC1. The summed E-state index contributed by atoms with van der Waals surface area (Å²) in [4.78, 5) is 21.7. The Labute approximate surface area is 118 Å². The van der Waals surface area contributed by atoms with E-state index in [0.29, 0.717) is 17.1 Å². The van der Waals surface area contributed by atoms with Gasteiger partial charge in [-0.2, -0.15) is 0 Å². The summed E-state index contributed by atoms with van der Waals surface area (Å²) in [5.74, 6) is -0.0352. The van der Waals surface area contributed by atoms with Gasteiger partial charge >= 0.3 is 0 Å². The predicted molar refractivity (Wildman–Crippen MR) is 73.7 cm³/mol. The summed E-state index contributed by atoms with van der Waals surface area (Å²) in [7, 11) is 0. The largest absolute Gasteiger partial charge is 0.352 e. The van der Waals surface area contributed by atoms with Crippen LogP contribution in [0.5, 0.6) is 0 Å². The lowest BCUT2D eigenvalue weighted by Crippen LogP contribution is -2.34. The van der Waals surface area contributed by atoms with Crippen LogP contribution in [0.4, 0.5) is 5.69 Å². The van der Waals surface area contributed by atoms with Crippen molar-refractivity contribution in [2.75, 3.05) is 6.54 Å². The van der Waals surface area contributed by atoms with Crippen molar-refractivity contribution < 1.29 is 9.72 Å². The van der Waals surface area contributed by atoms with E-state index in [9.17, 15) is 14.9 Å². The number of hydrogen-bond donors (Lipinski definition) is 2. The van der Waals surface area contributed by atoms with Gasteiger partial charge in [-0.1, -0.05) is 15.9 Å². The molecule has 1 aliphatic carbocycles. The van der Waals surface area contributed by atoms with Gasteiger partial charge in [0.1, 0.15) is 0 Å². The Bertz CT molecular complexity index is 503. The maximum absolute atomic E-state index is 11.4. The van der Waals surface area contributed by atoms with Gasteiger partial charge in [0, 0.05) is 29.2 Å². The van der Waals surface area contributed by atoms with Crippen LogP contribution in [0.15, 0.2) is 22.7 Å². The second-order valence-corrected chi connectivity index (χ2v) is 5.44. The molecule has 0 aliphatic heterocycles. The van der Waals surface area contributed by atoms with E-state index in [1.165, 1.54) is 12.1 Å². The molecule has 0 bridgehead atoms. The monoisotopic (exact) mass is 327 g/mol. The molecule has 0 unspecified atom stereocenters. The van der Waals surface area contributed by atoms with Crippen molar-refractivity contribution in [2.45, 2.75) is 25.4 Å². The molecule has 102 valence electrons. The number of hydrogen-bond acceptors (Lipinski definition) is 4. The Morgan fingerprint density at radius 1 is 1.42 bits per heavy atom. The van der Waals surface area contributed by atoms with E-state index in [-0.39, 0.29) is 18.1 Å². The van der Waals surface area contributed by atoms with Crippen molar-refractivity contribution in [1.82, 2.24) is 10.6 Å². The molecular weight excluding hydrogens is 314 g/mol. The maximum atomic E-state index is 11.4. The Kier molecular flexibility index (Phi) is 4.49. The number of nitro benzene ring substituents is 1. The highest BCUT2D eigenvalue weighted by Crippen LogP contribution is 2.21. The number of halogens is 1. The average Bonchev–Trinajstić information content (AvgIpc) is 3.12. The Balaban J connectivity index is 1.84. The highest BCUT2D eigenvalue weighted by molar-refractivity contribution is 9.10. The summed E-state index contributed by atoms with van der Waals surface area (Å²) in [6.07, 6.45) is 2.12. The van der Waals surface area contributed by atoms with Crippen molar-refractivity contribution in [3.05, 3.63) is 38.3 Å². The molecule has 19 heavy (non-hydrogen) atoms. The molecule has 1 aromatic rings. The van der Waals surface area contributed by atoms with Gasteiger partial charge in [0.15, 0.2) is 0 Å². The standard InChI is InChI=1S/C12H14BrN3O3/c13-9-3-8(4-11(5-9)16(18)19)6-14-7-12(17)15-10-1-2-10/h3-5,10,14H,1-2,6-7H2,(H,15,17). The van der Waals surface area contributed by atoms with Gasteiger partial charge in [-0.15, -0.1) is 0 Å². The van der Waals surface area contributed by atoms with Gasteiger partial charge in [0.25, 0.3) is 5.69 Å². The van der Waals surface area contributed by atoms with Crippen molar-refractivity contribution >= 4 is 27.5 Å². The van der Waals surface area contributed by atoms with E-state index in [2.05, 4.69) is 26.6 Å². The third kappa shape index (κ3) is 4.60. The lowest BCUT2D eigenvalue weighted by molar-refractivity contribution is -0.385. The molecule has 1 fully saturated rings. The number of rotatable bonds is 6. The molecule has 0 radical (unpaired) electrons. The fourth-order valence-corrected chi connectivity index (χ4v) is 2.20. The number of benzene rings is 1. The molecule has 1 aromatic carbocycles. The van der Waals surface area contributed by atoms with Crippen LogP contribution in [0.2, 0.25) is 0 Å². The number of non-ortho nitro benzene ring substituents is 1. The smallest absolute Gasteiger partial charge is 0.270 e. The zero-order chi connectivity index (χ0) is 13.8. The number of carbonyl (C=O) groups excluding carboxylic acids is 1. The maximum Gasteiger partial charge on any atom is 0.270 e. The zero-order valence-corrected chi connectivity index (χ0v) is 11.8. The van der Waals surface area contributed by atoms with Crippen LogP contribution >= 0.6 is 15.9 Å². The highest BCUT2D eigenvalue weighted by atomic mass is 79.9. The summed E-state index contributed by atoms with van der Waals surface area (Å²) < 4.78 is 0.654. The number of carbonyl (C=O) groups is 1. The lowest BCUT2D eigenvalue weighted by Gasteiger charge is -2.06. The molecule has 1 aliphatic rings. The Morgan fingerprint density at radius 2 is 2.16 bits per heavy atom. The molecule has 2 rings (SSSR count). The molecule has 0 saturated heterocycles.